The van der Waals surface area contributed by atoms with Crippen molar-refractivity contribution in [2.24, 2.45) is 0 Å². The van der Waals surface area contributed by atoms with Gasteiger partial charge in [0.05, 0.1) is 11.3 Å². The van der Waals surface area contributed by atoms with Gasteiger partial charge in [0.2, 0.25) is 0 Å². The third kappa shape index (κ3) is 2.22. The van der Waals surface area contributed by atoms with E-state index in [4.69, 9.17) is 5.73 Å². The first-order chi connectivity index (χ1) is 8.11. The SMILES string of the molecule is Nc1c(Br)cccc1C(=O)c1ccccc1F. The highest BCUT2D eigenvalue weighted by Gasteiger charge is 2.16. The van der Waals surface area contributed by atoms with Crippen molar-refractivity contribution in [1.29, 1.82) is 0 Å². The maximum atomic E-state index is 13.5. The summed E-state index contributed by atoms with van der Waals surface area (Å²) in [7, 11) is 0. The summed E-state index contributed by atoms with van der Waals surface area (Å²) in [4.78, 5) is 12.1. The van der Waals surface area contributed by atoms with Gasteiger partial charge >= 0.3 is 0 Å². The zero-order valence-corrected chi connectivity index (χ0v) is 10.4. The molecule has 0 saturated carbocycles. The first-order valence-corrected chi connectivity index (χ1v) is 5.74. The Labute approximate surface area is 106 Å². The number of benzene rings is 2. The molecule has 0 radical (unpaired) electrons. The summed E-state index contributed by atoms with van der Waals surface area (Å²) in [5.74, 6) is -0.959. The second-order valence-electron chi connectivity index (χ2n) is 3.51. The molecule has 0 aliphatic rings. The number of ketones is 1. The van der Waals surface area contributed by atoms with Crippen LogP contribution in [0, 0.1) is 5.82 Å². The molecule has 0 aromatic heterocycles. The van der Waals surface area contributed by atoms with Gasteiger partial charge in [0, 0.05) is 10.0 Å². The van der Waals surface area contributed by atoms with Crippen LogP contribution in [0.4, 0.5) is 10.1 Å². The Morgan fingerprint density at radius 1 is 1.06 bits per heavy atom. The number of nitrogen functional groups attached to an aromatic ring is 1. The van der Waals surface area contributed by atoms with Gasteiger partial charge in [-0.2, -0.15) is 0 Å². The molecule has 0 aliphatic carbocycles. The molecule has 0 saturated heterocycles. The van der Waals surface area contributed by atoms with Crippen LogP contribution in [-0.2, 0) is 0 Å². The molecular weight excluding hydrogens is 285 g/mol. The molecule has 0 fully saturated rings. The van der Waals surface area contributed by atoms with Crippen LogP contribution in [0.5, 0.6) is 0 Å². The predicted octanol–water partition coefficient (Wildman–Crippen LogP) is 3.40. The van der Waals surface area contributed by atoms with Gasteiger partial charge in [0.25, 0.3) is 0 Å². The summed E-state index contributed by atoms with van der Waals surface area (Å²) in [6, 6.07) is 10.8. The number of carbonyl (C=O) groups is 1. The van der Waals surface area contributed by atoms with Crippen molar-refractivity contribution < 1.29 is 9.18 Å². The molecule has 4 heteroatoms. The van der Waals surface area contributed by atoms with Crippen molar-refractivity contribution in [2.45, 2.75) is 0 Å². The van der Waals surface area contributed by atoms with Gasteiger partial charge in [0.15, 0.2) is 5.78 Å². The van der Waals surface area contributed by atoms with Crippen LogP contribution < -0.4 is 5.73 Å². The molecule has 17 heavy (non-hydrogen) atoms. The second kappa shape index (κ2) is 4.67. The Balaban J connectivity index is 2.52. The van der Waals surface area contributed by atoms with E-state index in [9.17, 15) is 9.18 Å². The largest absolute Gasteiger partial charge is 0.397 e. The highest BCUT2D eigenvalue weighted by atomic mass is 79.9. The number of nitrogens with two attached hydrogens (primary N) is 1. The molecule has 86 valence electrons. The summed E-state index contributed by atoms with van der Waals surface area (Å²) in [6.07, 6.45) is 0. The maximum absolute atomic E-state index is 13.5. The molecule has 2 aromatic carbocycles. The smallest absolute Gasteiger partial charge is 0.198 e. The number of rotatable bonds is 2. The van der Waals surface area contributed by atoms with E-state index in [0.29, 0.717) is 15.7 Å². The fourth-order valence-electron chi connectivity index (χ4n) is 1.53. The molecular formula is C13H9BrFNO. The molecule has 0 bridgehead atoms. The van der Waals surface area contributed by atoms with E-state index in [-0.39, 0.29) is 5.56 Å². The van der Waals surface area contributed by atoms with Crippen LogP contribution in [0.25, 0.3) is 0 Å². The van der Waals surface area contributed by atoms with Gasteiger partial charge in [-0.3, -0.25) is 4.79 Å². The molecule has 0 amide bonds. The van der Waals surface area contributed by atoms with E-state index in [2.05, 4.69) is 15.9 Å². The summed E-state index contributed by atoms with van der Waals surface area (Å²) >= 11 is 3.23. The van der Waals surface area contributed by atoms with Crippen molar-refractivity contribution in [1.82, 2.24) is 0 Å². The molecule has 0 unspecified atom stereocenters. The topological polar surface area (TPSA) is 43.1 Å². The summed E-state index contributed by atoms with van der Waals surface area (Å²) in [6.45, 7) is 0. The van der Waals surface area contributed by atoms with Crippen molar-refractivity contribution in [3.8, 4) is 0 Å². The van der Waals surface area contributed by atoms with Crippen molar-refractivity contribution >= 4 is 27.4 Å². The number of hydrogen-bond acceptors (Lipinski definition) is 2. The lowest BCUT2D eigenvalue weighted by Gasteiger charge is -2.07. The number of carbonyl (C=O) groups excluding carboxylic acids is 1. The third-order valence-corrected chi connectivity index (χ3v) is 3.11. The lowest BCUT2D eigenvalue weighted by molar-refractivity contribution is 0.103. The maximum Gasteiger partial charge on any atom is 0.198 e. The zero-order chi connectivity index (χ0) is 12.4. The van der Waals surface area contributed by atoms with Gasteiger partial charge in [-0.05, 0) is 40.2 Å². The van der Waals surface area contributed by atoms with Crippen molar-refractivity contribution in [3.05, 3.63) is 63.9 Å². The fourth-order valence-corrected chi connectivity index (χ4v) is 1.89. The Bertz CT molecular complexity index is 583. The average molecular weight is 294 g/mol. The normalized spacial score (nSPS) is 10.2. The molecule has 2 nitrogen and oxygen atoms in total. The van der Waals surface area contributed by atoms with Crippen LogP contribution in [0.1, 0.15) is 15.9 Å². The number of halogens is 2. The zero-order valence-electron chi connectivity index (χ0n) is 8.78. The van der Waals surface area contributed by atoms with E-state index in [1.165, 1.54) is 18.2 Å². The summed E-state index contributed by atoms with van der Waals surface area (Å²) in [5, 5.41) is 0. The molecule has 2 rings (SSSR count). The third-order valence-electron chi connectivity index (χ3n) is 2.42. The van der Waals surface area contributed by atoms with E-state index in [1.54, 1.807) is 24.3 Å². The van der Waals surface area contributed by atoms with Crippen LogP contribution in [0.2, 0.25) is 0 Å². The Kier molecular flexibility index (Phi) is 3.24. The molecule has 0 aliphatic heterocycles. The number of hydrogen-bond donors (Lipinski definition) is 1. The van der Waals surface area contributed by atoms with Crippen LogP contribution in [-0.4, -0.2) is 5.78 Å². The van der Waals surface area contributed by atoms with Gasteiger partial charge < -0.3 is 5.73 Å². The minimum atomic E-state index is -0.545. The Morgan fingerprint density at radius 2 is 1.71 bits per heavy atom. The number of anilines is 1. The second-order valence-corrected chi connectivity index (χ2v) is 4.36. The highest BCUT2D eigenvalue weighted by molar-refractivity contribution is 9.10. The first-order valence-electron chi connectivity index (χ1n) is 4.94. The summed E-state index contributed by atoms with van der Waals surface area (Å²) < 4.78 is 14.1. The predicted molar refractivity (Wildman–Crippen MR) is 68.4 cm³/mol. The van der Waals surface area contributed by atoms with Gasteiger partial charge in [-0.1, -0.05) is 18.2 Å². The van der Waals surface area contributed by atoms with E-state index >= 15 is 0 Å². The van der Waals surface area contributed by atoms with Crippen LogP contribution >= 0.6 is 15.9 Å². The molecule has 0 heterocycles. The molecule has 0 atom stereocenters. The Hall–Kier alpha value is -1.68. The molecule has 2 N–H and O–H groups in total. The molecule has 0 spiro atoms. The monoisotopic (exact) mass is 293 g/mol. The van der Waals surface area contributed by atoms with Gasteiger partial charge in [0.1, 0.15) is 5.82 Å². The van der Waals surface area contributed by atoms with E-state index < -0.39 is 11.6 Å². The standard InChI is InChI=1S/C13H9BrFNO/c14-10-6-3-5-9(12(10)16)13(17)8-4-1-2-7-11(8)15/h1-7H,16H2. The lowest BCUT2D eigenvalue weighted by atomic mass is 10.0. The Morgan fingerprint density at radius 3 is 2.41 bits per heavy atom. The van der Waals surface area contributed by atoms with E-state index in [0.717, 1.165) is 0 Å². The van der Waals surface area contributed by atoms with E-state index in [1.807, 2.05) is 0 Å². The first kappa shape index (κ1) is 11.8. The van der Waals surface area contributed by atoms with Gasteiger partial charge in [-0.15, -0.1) is 0 Å². The average Bonchev–Trinajstić information content (AvgIpc) is 2.32. The summed E-state index contributed by atoms with van der Waals surface area (Å²) in [5.41, 5.74) is 6.42. The quantitative estimate of drug-likeness (QED) is 0.681. The van der Waals surface area contributed by atoms with Crippen molar-refractivity contribution in [3.63, 3.8) is 0 Å². The number of para-hydroxylation sites is 1. The minimum absolute atomic E-state index is 0.0253. The minimum Gasteiger partial charge on any atom is -0.397 e. The van der Waals surface area contributed by atoms with Crippen LogP contribution in [0.3, 0.4) is 0 Å². The highest BCUT2D eigenvalue weighted by Crippen LogP contribution is 2.25. The van der Waals surface area contributed by atoms with Crippen LogP contribution in [0.15, 0.2) is 46.9 Å². The van der Waals surface area contributed by atoms with Gasteiger partial charge in [-0.25, -0.2) is 4.39 Å². The lowest BCUT2D eigenvalue weighted by Crippen LogP contribution is -2.07. The molecule has 2 aromatic rings. The fraction of sp³-hybridized carbons (Fsp3) is 0. The van der Waals surface area contributed by atoms with Crippen molar-refractivity contribution in [2.75, 3.05) is 5.73 Å².